The van der Waals surface area contributed by atoms with Gasteiger partial charge in [0.2, 0.25) is 0 Å². The minimum atomic E-state index is -0.454. The Hall–Kier alpha value is -3.13. The SMILES string of the molecule is O=C(c1cccc(COc2ccc([N+](=O)[O-])cc2)c1)N1CCN(Cc2c(Cl)cccc2Cl)CC1. The molecule has 0 spiro atoms. The molecule has 0 aromatic heterocycles. The monoisotopic (exact) mass is 499 g/mol. The normalized spacial score (nSPS) is 14.1. The zero-order valence-electron chi connectivity index (χ0n) is 18.3. The molecule has 0 saturated carbocycles. The van der Waals surface area contributed by atoms with Crippen molar-refractivity contribution in [3.05, 3.63) is 104 Å². The molecule has 1 aliphatic rings. The lowest BCUT2D eigenvalue weighted by Gasteiger charge is -2.35. The lowest BCUT2D eigenvalue weighted by molar-refractivity contribution is -0.384. The molecule has 0 radical (unpaired) electrons. The molecule has 34 heavy (non-hydrogen) atoms. The molecule has 0 atom stereocenters. The first kappa shape index (κ1) is 24.0. The van der Waals surface area contributed by atoms with Gasteiger partial charge in [-0.25, -0.2) is 0 Å². The molecule has 1 saturated heterocycles. The molecule has 0 aliphatic carbocycles. The van der Waals surface area contributed by atoms with E-state index in [2.05, 4.69) is 4.90 Å². The van der Waals surface area contributed by atoms with Gasteiger partial charge in [-0.05, 0) is 42.0 Å². The summed E-state index contributed by atoms with van der Waals surface area (Å²) >= 11 is 12.6. The van der Waals surface area contributed by atoms with E-state index >= 15 is 0 Å². The van der Waals surface area contributed by atoms with E-state index in [9.17, 15) is 14.9 Å². The van der Waals surface area contributed by atoms with E-state index in [1.807, 2.05) is 41.3 Å². The highest BCUT2D eigenvalue weighted by Gasteiger charge is 2.23. The molecule has 1 amide bonds. The number of halogens is 2. The number of nitro benzene ring substituents is 1. The van der Waals surface area contributed by atoms with Gasteiger partial charge in [-0.15, -0.1) is 0 Å². The van der Waals surface area contributed by atoms with Crippen LogP contribution in [0.15, 0.2) is 66.7 Å². The van der Waals surface area contributed by atoms with Gasteiger partial charge in [-0.1, -0.05) is 41.4 Å². The zero-order valence-corrected chi connectivity index (χ0v) is 19.8. The van der Waals surface area contributed by atoms with Gasteiger partial charge < -0.3 is 9.64 Å². The summed E-state index contributed by atoms with van der Waals surface area (Å²) in [4.78, 5) is 27.5. The summed E-state index contributed by atoms with van der Waals surface area (Å²) in [6.07, 6.45) is 0. The van der Waals surface area contributed by atoms with Crippen molar-refractivity contribution in [2.45, 2.75) is 13.2 Å². The molecule has 3 aromatic carbocycles. The van der Waals surface area contributed by atoms with Crippen LogP contribution in [0.1, 0.15) is 21.5 Å². The molecule has 1 aliphatic heterocycles. The second-order valence-electron chi connectivity index (χ2n) is 8.01. The number of carbonyl (C=O) groups excluding carboxylic acids is 1. The predicted octanol–water partition coefficient (Wildman–Crippen LogP) is 5.44. The number of hydrogen-bond acceptors (Lipinski definition) is 5. The van der Waals surface area contributed by atoms with Gasteiger partial charge in [-0.3, -0.25) is 19.8 Å². The summed E-state index contributed by atoms with van der Waals surface area (Å²) < 4.78 is 5.72. The average Bonchev–Trinajstić information content (AvgIpc) is 2.85. The Morgan fingerprint density at radius 3 is 2.24 bits per heavy atom. The minimum absolute atomic E-state index is 0.00926. The summed E-state index contributed by atoms with van der Waals surface area (Å²) in [6.45, 7) is 3.60. The Morgan fingerprint density at radius 2 is 1.59 bits per heavy atom. The van der Waals surface area contributed by atoms with E-state index in [0.29, 0.717) is 41.0 Å². The second kappa shape index (κ2) is 10.9. The Balaban J connectivity index is 1.32. The van der Waals surface area contributed by atoms with Gasteiger partial charge in [0, 0.05) is 66.0 Å². The smallest absolute Gasteiger partial charge is 0.269 e. The summed E-state index contributed by atoms with van der Waals surface area (Å²) in [6, 6.07) is 18.7. The Morgan fingerprint density at radius 1 is 0.941 bits per heavy atom. The fraction of sp³-hybridized carbons (Fsp3) is 0.240. The van der Waals surface area contributed by atoms with Crippen LogP contribution >= 0.6 is 23.2 Å². The Bertz CT molecular complexity index is 1160. The topological polar surface area (TPSA) is 75.9 Å². The van der Waals surface area contributed by atoms with Crippen molar-refractivity contribution in [3.8, 4) is 5.75 Å². The highest BCUT2D eigenvalue weighted by atomic mass is 35.5. The number of rotatable bonds is 7. The number of amides is 1. The predicted molar refractivity (Wildman–Crippen MR) is 132 cm³/mol. The molecule has 9 heteroatoms. The molecule has 3 aromatic rings. The minimum Gasteiger partial charge on any atom is -0.489 e. The third kappa shape index (κ3) is 5.86. The summed E-state index contributed by atoms with van der Waals surface area (Å²) in [5.74, 6) is 0.504. The van der Waals surface area contributed by atoms with Gasteiger partial charge in [-0.2, -0.15) is 0 Å². The third-order valence-corrected chi connectivity index (χ3v) is 6.44. The van der Waals surface area contributed by atoms with Crippen molar-refractivity contribution in [2.75, 3.05) is 26.2 Å². The van der Waals surface area contributed by atoms with Crippen LogP contribution in [0.4, 0.5) is 5.69 Å². The number of nitro groups is 1. The Labute approximate surface area is 207 Å². The Kier molecular flexibility index (Phi) is 7.67. The van der Waals surface area contributed by atoms with Crippen molar-refractivity contribution in [3.63, 3.8) is 0 Å². The molecule has 0 bridgehead atoms. The van der Waals surface area contributed by atoms with E-state index in [1.54, 1.807) is 18.2 Å². The summed E-state index contributed by atoms with van der Waals surface area (Å²) in [5.41, 5.74) is 2.37. The number of hydrogen-bond donors (Lipinski definition) is 0. The van der Waals surface area contributed by atoms with Crippen LogP contribution in [-0.2, 0) is 13.2 Å². The molecule has 0 N–H and O–H groups in total. The number of non-ortho nitro benzene ring substituents is 1. The first-order valence-electron chi connectivity index (χ1n) is 10.8. The maximum absolute atomic E-state index is 13.1. The van der Waals surface area contributed by atoms with Crippen molar-refractivity contribution in [2.24, 2.45) is 0 Å². The number of benzene rings is 3. The average molecular weight is 500 g/mol. The molecule has 176 valence electrons. The lowest BCUT2D eigenvalue weighted by Crippen LogP contribution is -2.48. The van der Waals surface area contributed by atoms with Crippen LogP contribution in [0.3, 0.4) is 0 Å². The van der Waals surface area contributed by atoms with Gasteiger partial charge >= 0.3 is 0 Å². The van der Waals surface area contributed by atoms with Crippen LogP contribution in [0.25, 0.3) is 0 Å². The maximum Gasteiger partial charge on any atom is 0.269 e. The summed E-state index contributed by atoms with van der Waals surface area (Å²) in [7, 11) is 0. The van der Waals surface area contributed by atoms with Crippen LogP contribution < -0.4 is 4.74 Å². The molecule has 1 fully saturated rings. The molecular weight excluding hydrogens is 477 g/mol. The van der Waals surface area contributed by atoms with Crippen molar-refractivity contribution < 1.29 is 14.5 Å². The van der Waals surface area contributed by atoms with Crippen LogP contribution in [0.5, 0.6) is 5.75 Å². The fourth-order valence-corrected chi connectivity index (χ4v) is 4.34. The van der Waals surface area contributed by atoms with Crippen molar-refractivity contribution >= 4 is 34.8 Å². The van der Waals surface area contributed by atoms with E-state index in [0.717, 1.165) is 24.2 Å². The largest absolute Gasteiger partial charge is 0.489 e. The molecular formula is C25H23Cl2N3O4. The number of carbonyl (C=O) groups is 1. The lowest BCUT2D eigenvalue weighted by atomic mass is 10.1. The van der Waals surface area contributed by atoms with E-state index in [4.69, 9.17) is 27.9 Å². The quantitative estimate of drug-likeness (QED) is 0.319. The molecule has 0 unspecified atom stereocenters. The van der Waals surface area contributed by atoms with E-state index in [-0.39, 0.29) is 18.2 Å². The number of ether oxygens (including phenoxy) is 1. The van der Waals surface area contributed by atoms with Crippen LogP contribution in [-0.4, -0.2) is 46.8 Å². The standard InChI is InChI=1S/C25H23Cl2N3O4/c26-23-5-2-6-24(27)22(23)16-28-11-13-29(14-12-28)25(31)19-4-1-3-18(15-19)17-34-21-9-7-20(8-10-21)30(32)33/h1-10,15H,11-14,16-17H2. The zero-order chi connectivity index (χ0) is 24.1. The maximum atomic E-state index is 13.1. The second-order valence-corrected chi connectivity index (χ2v) is 8.82. The van der Waals surface area contributed by atoms with Gasteiger partial charge in [0.05, 0.1) is 4.92 Å². The van der Waals surface area contributed by atoms with Gasteiger partial charge in [0.25, 0.3) is 11.6 Å². The van der Waals surface area contributed by atoms with Gasteiger partial charge in [0.15, 0.2) is 0 Å². The molecule has 4 rings (SSSR count). The van der Waals surface area contributed by atoms with Crippen molar-refractivity contribution in [1.29, 1.82) is 0 Å². The number of nitrogens with zero attached hydrogens (tertiary/aromatic N) is 3. The van der Waals surface area contributed by atoms with E-state index in [1.165, 1.54) is 12.1 Å². The third-order valence-electron chi connectivity index (χ3n) is 5.73. The van der Waals surface area contributed by atoms with Crippen molar-refractivity contribution in [1.82, 2.24) is 9.80 Å². The highest BCUT2D eigenvalue weighted by Crippen LogP contribution is 2.26. The first-order chi connectivity index (χ1) is 16.4. The van der Waals surface area contributed by atoms with Crippen LogP contribution in [0.2, 0.25) is 10.0 Å². The van der Waals surface area contributed by atoms with E-state index < -0.39 is 4.92 Å². The molecule has 7 nitrogen and oxygen atoms in total. The first-order valence-corrected chi connectivity index (χ1v) is 11.6. The fourth-order valence-electron chi connectivity index (χ4n) is 3.82. The van der Waals surface area contributed by atoms with Crippen LogP contribution in [0, 0.1) is 10.1 Å². The highest BCUT2D eigenvalue weighted by molar-refractivity contribution is 6.35. The van der Waals surface area contributed by atoms with Gasteiger partial charge in [0.1, 0.15) is 12.4 Å². The molecule has 1 heterocycles. The number of piperazine rings is 1. The summed E-state index contributed by atoms with van der Waals surface area (Å²) in [5, 5.41) is 12.1.